The van der Waals surface area contributed by atoms with E-state index in [1.165, 1.54) is 25.7 Å². The van der Waals surface area contributed by atoms with E-state index in [1.54, 1.807) is 0 Å². The number of carbonyl (C=O) groups is 1. The first-order valence-corrected chi connectivity index (χ1v) is 7.64. The number of hydrogen-bond donors (Lipinski definition) is 2. The van der Waals surface area contributed by atoms with E-state index in [-0.39, 0.29) is 5.91 Å². The number of thioether (sulfide) groups is 1. The van der Waals surface area contributed by atoms with Crippen LogP contribution in [0.4, 0.5) is 0 Å². The molecule has 16 heavy (non-hydrogen) atoms. The summed E-state index contributed by atoms with van der Waals surface area (Å²) in [7, 11) is 0. The van der Waals surface area contributed by atoms with Gasteiger partial charge in [-0.05, 0) is 31.9 Å². The number of nitrogens with one attached hydrogen (secondary N) is 2. The maximum atomic E-state index is 11.7. The maximum absolute atomic E-state index is 11.7. The molecule has 0 spiro atoms. The first-order valence-electron chi connectivity index (χ1n) is 6.35. The number of rotatable bonds is 6. The van der Waals surface area contributed by atoms with Crippen molar-refractivity contribution in [3.63, 3.8) is 0 Å². The summed E-state index contributed by atoms with van der Waals surface area (Å²) in [6.07, 6.45) is 9.03. The molecule has 2 saturated carbocycles. The molecule has 4 heteroatoms. The molecule has 2 unspecified atom stereocenters. The van der Waals surface area contributed by atoms with Crippen molar-refractivity contribution >= 4 is 17.7 Å². The van der Waals surface area contributed by atoms with E-state index < -0.39 is 0 Å². The van der Waals surface area contributed by atoms with Crippen molar-refractivity contribution in [1.82, 2.24) is 10.6 Å². The smallest absolute Gasteiger partial charge is 0.221 e. The Morgan fingerprint density at radius 1 is 1.31 bits per heavy atom. The summed E-state index contributed by atoms with van der Waals surface area (Å²) in [5.41, 5.74) is 0. The van der Waals surface area contributed by atoms with Gasteiger partial charge < -0.3 is 10.6 Å². The van der Waals surface area contributed by atoms with Gasteiger partial charge in [-0.15, -0.1) is 0 Å². The molecule has 0 aromatic carbocycles. The molecule has 92 valence electrons. The molecule has 0 radical (unpaired) electrons. The largest absolute Gasteiger partial charge is 0.352 e. The van der Waals surface area contributed by atoms with E-state index in [2.05, 4.69) is 16.9 Å². The summed E-state index contributed by atoms with van der Waals surface area (Å²) in [6, 6.07) is 1.13. The van der Waals surface area contributed by atoms with Gasteiger partial charge in [0.15, 0.2) is 0 Å². The van der Waals surface area contributed by atoms with Crippen LogP contribution in [0.15, 0.2) is 0 Å². The lowest BCUT2D eigenvalue weighted by Crippen LogP contribution is -2.39. The second-order valence-electron chi connectivity index (χ2n) is 4.86. The Morgan fingerprint density at radius 3 is 2.81 bits per heavy atom. The van der Waals surface area contributed by atoms with Crippen molar-refractivity contribution in [2.45, 2.75) is 55.9 Å². The molecule has 0 heterocycles. The second kappa shape index (κ2) is 5.92. The van der Waals surface area contributed by atoms with Gasteiger partial charge in [-0.25, -0.2) is 0 Å². The summed E-state index contributed by atoms with van der Waals surface area (Å²) in [5, 5.41) is 7.18. The Labute approximate surface area is 102 Å². The van der Waals surface area contributed by atoms with Gasteiger partial charge in [0.2, 0.25) is 5.91 Å². The molecule has 2 N–H and O–H groups in total. The molecule has 2 fully saturated rings. The molecule has 1 amide bonds. The minimum Gasteiger partial charge on any atom is -0.352 e. The van der Waals surface area contributed by atoms with Gasteiger partial charge in [0.05, 0.1) is 0 Å². The van der Waals surface area contributed by atoms with Gasteiger partial charge in [-0.2, -0.15) is 11.8 Å². The molecule has 0 bridgehead atoms. The Kier molecular flexibility index (Phi) is 4.53. The predicted octanol–water partition coefficient (Wildman–Crippen LogP) is 1.53. The Hall–Kier alpha value is -0.220. The lowest BCUT2D eigenvalue weighted by atomic mass is 10.2. The van der Waals surface area contributed by atoms with Crippen LogP contribution in [0.3, 0.4) is 0 Å². The Bertz CT molecular complexity index is 243. The van der Waals surface area contributed by atoms with Crippen LogP contribution in [0.1, 0.15) is 38.5 Å². The molecule has 0 aromatic rings. The zero-order valence-electron chi connectivity index (χ0n) is 10.00. The highest BCUT2D eigenvalue weighted by Gasteiger charge is 2.27. The van der Waals surface area contributed by atoms with Crippen LogP contribution >= 0.6 is 11.8 Å². The van der Waals surface area contributed by atoms with Gasteiger partial charge in [0.1, 0.15) is 0 Å². The summed E-state index contributed by atoms with van der Waals surface area (Å²) in [6.45, 7) is 0.840. The molecule has 3 nitrogen and oxygen atoms in total. The first kappa shape index (κ1) is 12.2. The number of amides is 1. The summed E-state index contributed by atoms with van der Waals surface area (Å²) >= 11 is 1.89. The minimum atomic E-state index is 0.221. The Balaban J connectivity index is 1.61. The zero-order valence-corrected chi connectivity index (χ0v) is 10.8. The molecular weight excluding hydrogens is 220 g/mol. The average molecular weight is 242 g/mol. The molecule has 2 aliphatic rings. The van der Waals surface area contributed by atoms with Gasteiger partial charge in [-0.3, -0.25) is 4.79 Å². The van der Waals surface area contributed by atoms with Crippen LogP contribution in [0, 0.1) is 0 Å². The topological polar surface area (TPSA) is 41.1 Å². The molecule has 0 aliphatic heterocycles. The monoisotopic (exact) mass is 242 g/mol. The summed E-state index contributed by atoms with van der Waals surface area (Å²) < 4.78 is 0. The van der Waals surface area contributed by atoms with E-state index >= 15 is 0 Å². The van der Waals surface area contributed by atoms with Gasteiger partial charge in [0, 0.05) is 30.3 Å². The lowest BCUT2D eigenvalue weighted by molar-refractivity contribution is -0.121. The highest BCUT2D eigenvalue weighted by atomic mass is 32.2. The zero-order chi connectivity index (χ0) is 11.4. The van der Waals surface area contributed by atoms with Crippen molar-refractivity contribution in [2.75, 3.05) is 12.8 Å². The molecule has 2 aliphatic carbocycles. The van der Waals surface area contributed by atoms with Gasteiger partial charge in [-0.1, -0.05) is 6.42 Å². The molecular formula is C12H22N2OS. The van der Waals surface area contributed by atoms with E-state index in [0.717, 1.165) is 13.0 Å². The van der Waals surface area contributed by atoms with Crippen molar-refractivity contribution in [1.29, 1.82) is 0 Å². The number of hydrogen-bond acceptors (Lipinski definition) is 3. The summed E-state index contributed by atoms with van der Waals surface area (Å²) in [4.78, 5) is 11.7. The predicted molar refractivity (Wildman–Crippen MR) is 68.7 cm³/mol. The Morgan fingerprint density at radius 2 is 2.12 bits per heavy atom. The van der Waals surface area contributed by atoms with Crippen molar-refractivity contribution < 1.29 is 4.79 Å². The van der Waals surface area contributed by atoms with Crippen molar-refractivity contribution in [3.8, 4) is 0 Å². The fraction of sp³-hybridized carbons (Fsp3) is 0.917. The van der Waals surface area contributed by atoms with Crippen LogP contribution in [-0.2, 0) is 4.79 Å². The quantitative estimate of drug-likeness (QED) is 0.742. The first-order chi connectivity index (χ1) is 7.79. The van der Waals surface area contributed by atoms with E-state index in [1.807, 2.05) is 11.8 Å². The lowest BCUT2D eigenvalue weighted by Gasteiger charge is -2.19. The van der Waals surface area contributed by atoms with Crippen molar-refractivity contribution in [2.24, 2.45) is 0 Å². The van der Waals surface area contributed by atoms with Crippen molar-refractivity contribution in [3.05, 3.63) is 0 Å². The number of carbonyl (C=O) groups excluding carboxylic acids is 1. The standard InChI is InChI=1S/C12H22N2OS/c1-16-11-4-2-3-10(11)14-12(15)7-8-13-9-5-6-9/h9-11,13H,2-8H2,1H3,(H,14,15). The summed E-state index contributed by atoms with van der Waals surface area (Å²) in [5.74, 6) is 0.221. The normalized spacial score (nSPS) is 29.3. The van der Waals surface area contributed by atoms with Crippen LogP contribution in [0.25, 0.3) is 0 Å². The van der Waals surface area contributed by atoms with E-state index in [4.69, 9.17) is 0 Å². The highest BCUT2D eigenvalue weighted by Crippen LogP contribution is 2.28. The van der Waals surface area contributed by atoms with Crippen LogP contribution in [0.2, 0.25) is 0 Å². The van der Waals surface area contributed by atoms with Crippen LogP contribution in [-0.4, -0.2) is 36.0 Å². The average Bonchev–Trinajstić information content (AvgIpc) is 2.98. The van der Waals surface area contributed by atoms with E-state index in [0.29, 0.717) is 23.8 Å². The third kappa shape index (κ3) is 3.67. The minimum absolute atomic E-state index is 0.221. The van der Waals surface area contributed by atoms with Gasteiger partial charge in [0.25, 0.3) is 0 Å². The molecule has 2 atom stereocenters. The fourth-order valence-electron chi connectivity index (χ4n) is 2.33. The van der Waals surface area contributed by atoms with Crippen LogP contribution < -0.4 is 10.6 Å². The highest BCUT2D eigenvalue weighted by molar-refractivity contribution is 7.99. The maximum Gasteiger partial charge on any atom is 0.221 e. The third-order valence-corrected chi connectivity index (χ3v) is 4.63. The molecule has 0 saturated heterocycles. The second-order valence-corrected chi connectivity index (χ2v) is 5.93. The van der Waals surface area contributed by atoms with Crippen LogP contribution in [0.5, 0.6) is 0 Å². The fourth-order valence-corrected chi connectivity index (χ4v) is 3.26. The third-order valence-electron chi connectivity index (χ3n) is 3.46. The molecule has 2 rings (SSSR count). The SMILES string of the molecule is CSC1CCCC1NC(=O)CCNC1CC1. The molecule has 0 aromatic heterocycles. The van der Waals surface area contributed by atoms with E-state index in [9.17, 15) is 4.79 Å². The van der Waals surface area contributed by atoms with Gasteiger partial charge >= 0.3 is 0 Å².